The minimum absolute atomic E-state index is 0.139. The molecule has 16 heteroatoms. The molecule has 0 bridgehead atoms. The number of ether oxygens (including phenoxy) is 1. The van der Waals surface area contributed by atoms with Crippen molar-refractivity contribution in [2.24, 2.45) is 5.92 Å². The monoisotopic (exact) mass is 968 g/mol. The minimum atomic E-state index is -0.827. The second-order valence-corrected chi connectivity index (χ2v) is 20.1. The summed E-state index contributed by atoms with van der Waals surface area (Å²) in [6, 6.07) is 23.4. The summed E-state index contributed by atoms with van der Waals surface area (Å²) in [7, 11) is 3.04. The molecule has 2 atom stereocenters. The van der Waals surface area contributed by atoms with E-state index in [1.54, 1.807) is 13.1 Å². The number of nitrogens with zero attached hydrogens (tertiary/aromatic N) is 7. The number of rotatable bonds is 15. The van der Waals surface area contributed by atoms with Crippen molar-refractivity contribution in [3.05, 3.63) is 95.1 Å². The van der Waals surface area contributed by atoms with Crippen LogP contribution in [0.5, 0.6) is 11.5 Å². The van der Waals surface area contributed by atoms with Crippen molar-refractivity contribution in [1.82, 2.24) is 39.6 Å². The maximum Gasteiger partial charge on any atom is 0.320 e. The second-order valence-electron chi connectivity index (χ2n) is 20.1. The van der Waals surface area contributed by atoms with Crippen LogP contribution in [0.1, 0.15) is 119 Å². The number of nitrogens with one attached hydrogen (secondary N) is 2. The molecule has 0 radical (unpaired) electrons. The summed E-state index contributed by atoms with van der Waals surface area (Å²) in [5, 5.41) is 11.2. The number of carbonyl (C=O) groups is 6. The molecule has 16 nitrogen and oxygen atoms in total. The van der Waals surface area contributed by atoms with Gasteiger partial charge in [-0.15, -0.1) is 0 Å². The molecule has 376 valence electrons. The average Bonchev–Trinajstić information content (AvgIpc) is 3.82. The molecular weight excluding hydrogens is 899 g/mol. The van der Waals surface area contributed by atoms with E-state index in [4.69, 9.17) is 9.84 Å². The van der Waals surface area contributed by atoms with Crippen LogP contribution < -0.4 is 15.4 Å². The highest BCUT2D eigenvalue weighted by Gasteiger charge is 2.38. The van der Waals surface area contributed by atoms with Crippen LogP contribution in [0.3, 0.4) is 0 Å². The number of likely N-dealkylation sites (N-methyl/N-ethyl adjacent to an activating group) is 2. The Morgan fingerprint density at radius 1 is 0.761 bits per heavy atom. The largest absolute Gasteiger partial charge is 0.457 e. The molecule has 9 rings (SSSR count). The molecule has 5 aliphatic heterocycles. The fourth-order valence-corrected chi connectivity index (χ4v) is 12.0. The molecule has 2 N–H and O–H groups in total. The number of aldehydes is 3. The smallest absolute Gasteiger partial charge is 0.320 e. The van der Waals surface area contributed by atoms with Crippen molar-refractivity contribution in [3.8, 4) is 22.8 Å². The fraction of sp³-hybridized carbons (Fsp3) is 0.509. The van der Waals surface area contributed by atoms with Gasteiger partial charge < -0.3 is 44.7 Å². The molecule has 5 aliphatic rings. The van der Waals surface area contributed by atoms with E-state index in [0.717, 1.165) is 158 Å². The number of hydrogen-bond acceptors (Lipinski definition) is 11. The highest BCUT2D eigenvalue weighted by Crippen LogP contribution is 2.41. The molecule has 0 aliphatic carbocycles. The van der Waals surface area contributed by atoms with Crippen molar-refractivity contribution >= 4 is 42.5 Å². The first-order valence-corrected chi connectivity index (χ1v) is 25.9. The van der Waals surface area contributed by atoms with Gasteiger partial charge in [0, 0.05) is 76.5 Å². The fourth-order valence-electron chi connectivity index (χ4n) is 12.0. The molecule has 1 aromatic heterocycles. The Labute approximate surface area is 417 Å². The van der Waals surface area contributed by atoms with Crippen LogP contribution in [0, 0.1) is 5.92 Å². The van der Waals surface area contributed by atoms with Crippen molar-refractivity contribution in [2.75, 3.05) is 78.3 Å². The number of likely N-dealkylation sites (tertiary alicyclic amines) is 4. The maximum atomic E-state index is 13.9. The molecule has 4 saturated heterocycles. The molecule has 71 heavy (non-hydrogen) atoms. The summed E-state index contributed by atoms with van der Waals surface area (Å²) >= 11 is 0. The average molecular weight is 968 g/mol. The van der Waals surface area contributed by atoms with Crippen molar-refractivity contribution in [1.29, 1.82) is 0 Å². The summed E-state index contributed by atoms with van der Waals surface area (Å²) in [5.41, 5.74) is 3.74. The molecule has 2 unspecified atom stereocenters. The second kappa shape index (κ2) is 22.8. The highest BCUT2D eigenvalue weighted by atomic mass is 16.5. The third-order valence-electron chi connectivity index (χ3n) is 16.2. The van der Waals surface area contributed by atoms with Crippen LogP contribution >= 0.6 is 0 Å². The first-order chi connectivity index (χ1) is 34.7. The van der Waals surface area contributed by atoms with Gasteiger partial charge in [0.15, 0.2) is 12.6 Å². The summed E-state index contributed by atoms with van der Waals surface area (Å²) < 4.78 is 8.10. The maximum absolute atomic E-state index is 13.9. The number of urea groups is 1. The Morgan fingerprint density at radius 2 is 1.38 bits per heavy atom. The Kier molecular flexibility index (Phi) is 15.9. The first-order valence-electron chi connectivity index (χ1n) is 25.9. The predicted molar refractivity (Wildman–Crippen MR) is 271 cm³/mol. The van der Waals surface area contributed by atoms with E-state index < -0.39 is 11.9 Å². The van der Waals surface area contributed by atoms with Gasteiger partial charge in [-0.1, -0.05) is 30.3 Å². The van der Waals surface area contributed by atoms with Crippen LogP contribution in [0.2, 0.25) is 0 Å². The SMILES string of the molecule is CNC(=O)C(CCC=O)N(C)C(=O)c1cc(C2CCN(C3CCN(C(=O)N4CCC(N5CCC(C6CCNc7c(C=O)c(-c8ccc(Oc9ccccc9)cc8)nn76)CC5)CC4)CC3)CC2)ccc1C=O. The van der Waals surface area contributed by atoms with Gasteiger partial charge in [-0.3, -0.25) is 19.2 Å². The molecule has 6 heterocycles. The number of anilines is 1. The summed E-state index contributed by atoms with van der Waals surface area (Å²) in [6.45, 7) is 7.79. The topological polar surface area (TPSA) is 170 Å². The third kappa shape index (κ3) is 10.9. The lowest BCUT2D eigenvalue weighted by Crippen LogP contribution is -2.55. The van der Waals surface area contributed by atoms with Gasteiger partial charge in [0.05, 0.1) is 17.2 Å². The number of piperidine rings is 4. The number of para-hydroxylation sites is 1. The molecule has 4 amide bonds. The summed E-state index contributed by atoms with van der Waals surface area (Å²) in [4.78, 5) is 86.5. The van der Waals surface area contributed by atoms with E-state index in [1.807, 2.05) is 66.7 Å². The normalized spacial score (nSPS) is 20.3. The van der Waals surface area contributed by atoms with E-state index in [2.05, 4.69) is 34.9 Å². The van der Waals surface area contributed by atoms with E-state index in [-0.39, 0.29) is 47.9 Å². The lowest BCUT2D eigenvalue weighted by Gasteiger charge is -2.45. The Bertz CT molecular complexity index is 2500. The third-order valence-corrected chi connectivity index (χ3v) is 16.2. The lowest BCUT2D eigenvalue weighted by molar-refractivity contribution is -0.125. The van der Waals surface area contributed by atoms with E-state index >= 15 is 0 Å². The van der Waals surface area contributed by atoms with Gasteiger partial charge in [0.2, 0.25) is 5.91 Å². The number of aromatic nitrogens is 2. The first kappa shape index (κ1) is 49.6. The van der Waals surface area contributed by atoms with Crippen LogP contribution in [0.15, 0.2) is 72.8 Å². The van der Waals surface area contributed by atoms with Crippen LogP contribution in [-0.2, 0) is 9.59 Å². The van der Waals surface area contributed by atoms with Gasteiger partial charge in [0.25, 0.3) is 5.91 Å². The summed E-state index contributed by atoms with van der Waals surface area (Å²) in [5.74, 6) is 2.23. The molecule has 4 aromatic rings. The molecule has 4 fully saturated rings. The quantitative estimate of drug-likeness (QED) is 0.116. The van der Waals surface area contributed by atoms with Gasteiger partial charge in [0.1, 0.15) is 35.3 Å². The van der Waals surface area contributed by atoms with Gasteiger partial charge in [-0.05, 0) is 150 Å². The number of benzene rings is 3. The molecule has 3 aromatic carbocycles. The molecule has 0 saturated carbocycles. The lowest BCUT2D eigenvalue weighted by atomic mass is 9.85. The molecular formula is C55H69N9O7. The van der Waals surface area contributed by atoms with E-state index in [9.17, 15) is 28.8 Å². The molecule has 0 spiro atoms. The Balaban J connectivity index is 0.716. The number of fused-ring (bicyclic) bond motifs is 1. The summed E-state index contributed by atoms with van der Waals surface area (Å²) in [6.07, 6.45) is 11.5. The van der Waals surface area contributed by atoms with E-state index in [0.29, 0.717) is 35.5 Å². The van der Waals surface area contributed by atoms with Gasteiger partial charge in [-0.25, -0.2) is 9.48 Å². The zero-order valence-electron chi connectivity index (χ0n) is 41.3. The number of hydrogen-bond donors (Lipinski definition) is 2. The van der Waals surface area contributed by atoms with Gasteiger partial charge in [-0.2, -0.15) is 5.10 Å². The number of amides is 4. The van der Waals surface area contributed by atoms with Gasteiger partial charge >= 0.3 is 6.03 Å². The van der Waals surface area contributed by atoms with Crippen molar-refractivity contribution in [2.45, 2.75) is 101 Å². The van der Waals surface area contributed by atoms with E-state index in [1.165, 1.54) is 11.9 Å². The predicted octanol–water partition coefficient (Wildman–Crippen LogP) is 7.13. The van der Waals surface area contributed by atoms with Crippen LogP contribution in [-0.4, -0.2) is 162 Å². The van der Waals surface area contributed by atoms with Crippen molar-refractivity contribution < 1.29 is 33.5 Å². The standard InChI is InChI=1S/C55H69N9O7/c1-56-53(68)50(9-6-34-65)59(2)54(69)47-35-41(10-11-42(47)36-66)38-17-26-60(27-18-38)43-21-30-62(31-22-43)55(70)63-32-23-44(24-33-63)61-28-19-39(20-29-61)49-16-25-57-52-48(37-67)51(58-64(49)52)40-12-14-46(15-13-40)71-45-7-4-3-5-8-45/h3-5,7-8,10-15,34-39,43-44,49-50,57H,6,9,16-33H2,1-2H3,(H,56,68). The zero-order chi connectivity index (χ0) is 49.4. The number of carbonyl (C=O) groups excluding carboxylic acids is 6. The minimum Gasteiger partial charge on any atom is -0.457 e. The zero-order valence-corrected chi connectivity index (χ0v) is 41.3. The van der Waals surface area contributed by atoms with Crippen LogP contribution in [0.4, 0.5) is 10.6 Å². The highest BCUT2D eigenvalue weighted by molar-refractivity contribution is 6.03. The Morgan fingerprint density at radius 3 is 1.97 bits per heavy atom. The Hall–Kier alpha value is -6.39. The van der Waals surface area contributed by atoms with Crippen molar-refractivity contribution in [3.63, 3.8) is 0 Å². The van der Waals surface area contributed by atoms with Crippen LogP contribution in [0.25, 0.3) is 11.3 Å².